The Bertz CT molecular complexity index is 364. The Balaban J connectivity index is 1.83. The van der Waals surface area contributed by atoms with E-state index < -0.39 is 0 Å². The van der Waals surface area contributed by atoms with Crippen LogP contribution >= 0.6 is 0 Å². The van der Waals surface area contributed by atoms with Crippen molar-refractivity contribution >= 4 is 0 Å². The summed E-state index contributed by atoms with van der Waals surface area (Å²) in [7, 11) is 0. The standard InChI is InChI=1S/C16H23N/c1-2-4-9-14(8-3-1)16-15-10-6-5-7-13(15)11-12-17-16/h5-7,10,14,16-17H,1-4,8-9,11-12H2. The zero-order valence-electron chi connectivity index (χ0n) is 10.6. The van der Waals surface area contributed by atoms with Crippen LogP contribution in [0.1, 0.15) is 55.7 Å². The molecule has 0 amide bonds. The Hall–Kier alpha value is -0.820. The van der Waals surface area contributed by atoms with Gasteiger partial charge in [0.15, 0.2) is 0 Å². The Morgan fingerprint density at radius 1 is 0.941 bits per heavy atom. The van der Waals surface area contributed by atoms with Gasteiger partial charge in [0.05, 0.1) is 0 Å². The summed E-state index contributed by atoms with van der Waals surface area (Å²) in [6.07, 6.45) is 9.82. The third-order valence-electron chi connectivity index (χ3n) is 4.52. The van der Waals surface area contributed by atoms with Gasteiger partial charge in [0, 0.05) is 6.04 Å². The summed E-state index contributed by atoms with van der Waals surface area (Å²) in [6, 6.07) is 9.69. The summed E-state index contributed by atoms with van der Waals surface area (Å²) in [5.41, 5.74) is 3.17. The monoisotopic (exact) mass is 229 g/mol. The largest absolute Gasteiger partial charge is 0.309 e. The molecule has 1 heteroatoms. The van der Waals surface area contributed by atoms with Gasteiger partial charge in [-0.05, 0) is 42.9 Å². The highest BCUT2D eigenvalue weighted by Gasteiger charge is 2.27. The first kappa shape index (κ1) is 11.3. The fraction of sp³-hybridized carbons (Fsp3) is 0.625. The molecular formula is C16H23N. The van der Waals surface area contributed by atoms with Gasteiger partial charge in [-0.3, -0.25) is 0 Å². The Labute approximate surface area is 105 Å². The van der Waals surface area contributed by atoms with Gasteiger partial charge in [-0.25, -0.2) is 0 Å². The normalized spacial score (nSPS) is 26.2. The van der Waals surface area contributed by atoms with E-state index in [4.69, 9.17) is 0 Å². The van der Waals surface area contributed by atoms with Crippen molar-refractivity contribution in [2.45, 2.75) is 51.0 Å². The molecule has 1 unspecified atom stereocenters. The van der Waals surface area contributed by atoms with E-state index in [0.29, 0.717) is 6.04 Å². The summed E-state index contributed by atoms with van der Waals surface area (Å²) in [5, 5.41) is 3.77. The number of fused-ring (bicyclic) bond motifs is 1. The van der Waals surface area contributed by atoms with Crippen molar-refractivity contribution < 1.29 is 0 Å². The molecule has 1 saturated carbocycles. The molecule has 3 rings (SSSR count). The van der Waals surface area contributed by atoms with Gasteiger partial charge >= 0.3 is 0 Å². The SMILES string of the molecule is c1ccc2c(c1)CCNC2C1CCCCCC1. The molecule has 0 bridgehead atoms. The summed E-state index contributed by atoms with van der Waals surface area (Å²) < 4.78 is 0. The molecule has 1 atom stereocenters. The fourth-order valence-corrected chi connectivity index (χ4v) is 3.60. The lowest BCUT2D eigenvalue weighted by molar-refractivity contribution is 0.315. The molecule has 0 saturated heterocycles. The van der Waals surface area contributed by atoms with Gasteiger partial charge in [0.25, 0.3) is 0 Å². The average Bonchev–Trinajstić information content (AvgIpc) is 2.67. The maximum absolute atomic E-state index is 3.77. The molecule has 1 aliphatic heterocycles. The minimum Gasteiger partial charge on any atom is -0.309 e. The van der Waals surface area contributed by atoms with Gasteiger partial charge < -0.3 is 5.32 Å². The Kier molecular flexibility index (Phi) is 3.46. The second-order valence-corrected chi connectivity index (χ2v) is 5.63. The van der Waals surface area contributed by atoms with Crippen molar-refractivity contribution in [1.82, 2.24) is 5.32 Å². The molecule has 1 fully saturated rings. The summed E-state index contributed by atoms with van der Waals surface area (Å²) in [5.74, 6) is 0.874. The summed E-state index contributed by atoms with van der Waals surface area (Å²) >= 11 is 0. The van der Waals surface area contributed by atoms with Crippen LogP contribution in [-0.4, -0.2) is 6.54 Å². The minimum absolute atomic E-state index is 0.637. The van der Waals surface area contributed by atoms with E-state index in [2.05, 4.69) is 29.6 Å². The molecule has 92 valence electrons. The number of rotatable bonds is 1. The zero-order valence-corrected chi connectivity index (χ0v) is 10.6. The number of hydrogen-bond acceptors (Lipinski definition) is 1. The Morgan fingerprint density at radius 2 is 1.71 bits per heavy atom. The van der Waals surface area contributed by atoms with Crippen LogP contribution in [0, 0.1) is 5.92 Å². The molecule has 2 aliphatic rings. The first-order valence-corrected chi connectivity index (χ1v) is 7.26. The molecule has 1 aromatic rings. The first-order chi connectivity index (χ1) is 8.45. The van der Waals surface area contributed by atoms with Crippen molar-refractivity contribution in [2.75, 3.05) is 6.54 Å². The first-order valence-electron chi connectivity index (χ1n) is 7.26. The zero-order chi connectivity index (χ0) is 11.5. The molecule has 0 aromatic heterocycles. The van der Waals surface area contributed by atoms with E-state index in [0.717, 1.165) is 12.5 Å². The van der Waals surface area contributed by atoms with Gasteiger partial charge in [-0.2, -0.15) is 0 Å². The summed E-state index contributed by atoms with van der Waals surface area (Å²) in [6.45, 7) is 1.16. The molecule has 1 N–H and O–H groups in total. The second-order valence-electron chi connectivity index (χ2n) is 5.63. The van der Waals surface area contributed by atoms with Gasteiger partial charge in [0.1, 0.15) is 0 Å². The summed E-state index contributed by atoms with van der Waals surface area (Å²) in [4.78, 5) is 0. The van der Waals surface area contributed by atoms with E-state index in [9.17, 15) is 0 Å². The maximum atomic E-state index is 3.77. The highest BCUT2D eigenvalue weighted by Crippen LogP contribution is 2.36. The highest BCUT2D eigenvalue weighted by atomic mass is 14.9. The van der Waals surface area contributed by atoms with Crippen LogP contribution in [0.5, 0.6) is 0 Å². The number of nitrogens with one attached hydrogen (secondary N) is 1. The molecule has 1 aliphatic carbocycles. The van der Waals surface area contributed by atoms with Gasteiger partial charge in [-0.15, -0.1) is 0 Å². The minimum atomic E-state index is 0.637. The van der Waals surface area contributed by atoms with Crippen molar-refractivity contribution in [3.8, 4) is 0 Å². The predicted octanol–water partition coefficient (Wildman–Crippen LogP) is 3.84. The fourth-order valence-electron chi connectivity index (χ4n) is 3.60. The van der Waals surface area contributed by atoms with Gasteiger partial charge in [-0.1, -0.05) is 49.9 Å². The van der Waals surface area contributed by atoms with E-state index in [-0.39, 0.29) is 0 Å². The average molecular weight is 229 g/mol. The molecule has 1 heterocycles. The van der Waals surface area contributed by atoms with E-state index >= 15 is 0 Å². The lowest BCUT2D eigenvalue weighted by atomic mass is 9.82. The van der Waals surface area contributed by atoms with Crippen molar-refractivity contribution in [3.05, 3.63) is 35.4 Å². The van der Waals surface area contributed by atoms with E-state index in [1.54, 1.807) is 11.1 Å². The Morgan fingerprint density at radius 3 is 2.53 bits per heavy atom. The van der Waals surface area contributed by atoms with Crippen LogP contribution in [0.2, 0.25) is 0 Å². The van der Waals surface area contributed by atoms with E-state index in [1.165, 1.54) is 44.9 Å². The molecule has 1 nitrogen and oxygen atoms in total. The molecular weight excluding hydrogens is 206 g/mol. The van der Waals surface area contributed by atoms with Crippen LogP contribution in [0.15, 0.2) is 24.3 Å². The highest BCUT2D eigenvalue weighted by molar-refractivity contribution is 5.32. The topological polar surface area (TPSA) is 12.0 Å². The molecule has 0 spiro atoms. The quantitative estimate of drug-likeness (QED) is 0.721. The maximum Gasteiger partial charge on any atom is 0.0351 e. The molecule has 0 radical (unpaired) electrons. The third-order valence-corrected chi connectivity index (χ3v) is 4.52. The molecule has 17 heavy (non-hydrogen) atoms. The lowest BCUT2D eigenvalue weighted by Gasteiger charge is -2.33. The van der Waals surface area contributed by atoms with Crippen LogP contribution in [0.4, 0.5) is 0 Å². The van der Waals surface area contributed by atoms with Crippen LogP contribution < -0.4 is 5.32 Å². The van der Waals surface area contributed by atoms with Crippen LogP contribution in [0.3, 0.4) is 0 Å². The lowest BCUT2D eigenvalue weighted by Crippen LogP contribution is -2.34. The van der Waals surface area contributed by atoms with Crippen molar-refractivity contribution in [3.63, 3.8) is 0 Å². The van der Waals surface area contributed by atoms with Crippen LogP contribution in [0.25, 0.3) is 0 Å². The van der Waals surface area contributed by atoms with Crippen molar-refractivity contribution in [2.24, 2.45) is 5.92 Å². The smallest absolute Gasteiger partial charge is 0.0351 e. The molecule has 1 aromatic carbocycles. The number of benzene rings is 1. The van der Waals surface area contributed by atoms with Gasteiger partial charge in [0.2, 0.25) is 0 Å². The predicted molar refractivity (Wildman–Crippen MR) is 72.1 cm³/mol. The van der Waals surface area contributed by atoms with Crippen molar-refractivity contribution in [1.29, 1.82) is 0 Å². The second kappa shape index (κ2) is 5.22. The third kappa shape index (κ3) is 2.40. The van der Waals surface area contributed by atoms with E-state index in [1.807, 2.05) is 0 Å². The number of hydrogen-bond donors (Lipinski definition) is 1. The van der Waals surface area contributed by atoms with Crippen LogP contribution in [-0.2, 0) is 6.42 Å².